The zero-order chi connectivity index (χ0) is 29.1. The maximum Gasteiger partial charge on any atom is 0.407 e. The predicted molar refractivity (Wildman–Crippen MR) is 145 cm³/mol. The molecule has 38 heavy (non-hydrogen) atoms. The molecule has 3 N–H and O–H groups in total. The van der Waals surface area contributed by atoms with Crippen LogP contribution in [0.5, 0.6) is 0 Å². The maximum absolute atomic E-state index is 13.9. The van der Waals surface area contributed by atoms with Gasteiger partial charge in [0.05, 0.1) is 10.9 Å². The lowest BCUT2D eigenvalue weighted by atomic mass is 9.97. The van der Waals surface area contributed by atoms with Crippen LogP contribution in [0.2, 0.25) is 0 Å². The number of hydrogen-bond acceptors (Lipinski definition) is 6. The van der Waals surface area contributed by atoms with Gasteiger partial charge in [-0.15, -0.1) is 0 Å². The summed E-state index contributed by atoms with van der Waals surface area (Å²) in [5.74, 6) is -1.02. The molecule has 0 heterocycles. The van der Waals surface area contributed by atoms with E-state index in [9.17, 15) is 31.2 Å². The molecule has 2 atom stereocenters. The van der Waals surface area contributed by atoms with Crippen molar-refractivity contribution >= 4 is 33.5 Å². The third-order valence-corrected chi connectivity index (χ3v) is 6.99. The van der Waals surface area contributed by atoms with Crippen molar-refractivity contribution in [3.05, 3.63) is 54.1 Å². The van der Waals surface area contributed by atoms with Crippen LogP contribution >= 0.6 is 11.8 Å². The van der Waals surface area contributed by atoms with Crippen LogP contribution in [0.1, 0.15) is 38.8 Å². The minimum absolute atomic E-state index is 0.0722. The van der Waals surface area contributed by atoms with Crippen LogP contribution in [0.4, 0.5) is 13.2 Å². The standard InChI is InChI=1S/C23H27F3N2O5S.C3H8S/c1-14(2)12-19(22(31)27-13-20(29)30)28-21(23(24,25)26)17-6-4-15(5-7-17)16-8-10-18(11-9-16)34(3,32)33;1-3-4-2/h4-11,14,19,21,28H,12-13H2,1-3H3,(H,27,31)(H,29,30);3H2,1-2H3/t19-,21?;/m0./s1. The SMILES string of the molecule is CC(C)C[C@H](NC(c1ccc(-c2ccc(S(C)(=O)=O)cc2)cc1)C(F)(F)F)C(=O)NCC(=O)O.CCSC. The third kappa shape index (κ3) is 11.4. The van der Waals surface area contributed by atoms with Gasteiger partial charge < -0.3 is 10.4 Å². The summed E-state index contributed by atoms with van der Waals surface area (Å²) in [6.07, 6.45) is -1.47. The van der Waals surface area contributed by atoms with E-state index >= 15 is 0 Å². The van der Waals surface area contributed by atoms with Crippen molar-refractivity contribution in [2.45, 2.75) is 50.3 Å². The van der Waals surface area contributed by atoms with Crippen molar-refractivity contribution in [1.82, 2.24) is 10.6 Å². The summed E-state index contributed by atoms with van der Waals surface area (Å²) in [5, 5.41) is 13.2. The fourth-order valence-electron chi connectivity index (χ4n) is 3.35. The Hall–Kier alpha value is -2.57. The molecule has 0 aromatic heterocycles. The number of carboxylic acid groups (broad SMARTS) is 1. The van der Waals surface area contributed by atoms with Crippen molar-refractivity contribution in [2.75, 3.05) is 24.8 Å². The average molecular weight is 577 g/mol. The summed E-state index contributed by atoms with van der Waals surface area (Å²) in [7, 11) is -3.37. The van der Waals surface area contributed by atoms with E-state index in [0.29, 0.717) is 11.1 Å². The van der Waals surface area contributed by atoms with Gasteiger partial charge in [0, 0.05) is 6.26 Å². The van der Waals surface area contributed by atoms with Gasteiger partial charge in [0.2, 0.25) is 5.91 Å². The van der Waals surface area contributed by atoms with E-state index in [1.807, 2.05) is 11.8 Å². The third-order valence-electron chi connectivity index (χ3n) is 5.28. The zero-order valence-corrected chi connectivity index (χ0v) is 23.6. The van der Waals surface area contributed by atoms with Crippen molar-refractivity contribution < 1.29 is 36.3 Å². The number of halogens is 3. The predicted octanol–water partition coefficient (Wildman–Crippen LogP) is 4.93. The second kappa shape index (κ2) is 15.1. The van der Waals surface area contributed by atoms with Gasteiger partial charge in [-0.25, -0.2) is 8.42 Å². The van der Waals surface area contributed by atoms with Gasteiger partial charge in [0.25, 0.3) is 0 Å². The molecule has 0 aliphatic rings. The Bertz CT molecular complexity index is 1130. The smallest absolute Gasteiger partial charge is 0.407 e. The van der Waals surface area contributed by atoms with Crippen molar-refractivity contribution in [2.24, 2.45) is 5.92 Å². The number of amides is 1. The lowest BCUT2D eigenvalue weighted by molar-refractivity contribution is -0.161. The zero-order valence-electron chi connectivity index (χ0n) is 22.0. The van der Waals surface area contributed by atoms with Crippen LogP contribution in [0.3, 0.4) is 0 Å². The summed E-state index contributed by atoms with van der Waals surface area (Å²) >= 11 is 1.86. The van der Waals surface area contributed by atoms with E-state index in [1.54, 1.807) is 26.0 Å². The summed E-state index contributed by atoms with van der Waals surface area (Å²) in [6.45, 7) is 4.93. The fourth-order valence-corrected chi connectivity index (χ4v) is 3.98. The molecule has 2 aromatic carbocycles. The molecule has 2 rings (SSSR count). The Morgan fingerprint density at radius 3 is 1.84 bits per heavy atom. The number of rotatable bonds is 11. The number of carboxylic acids is 1. The number of nitrogens with one attached hydrogen (secondary N) is 2. The van der Waals surface area contributed by atoms with E-state index in [-0.39, 0.29) is 22.8 Å². The topological polar surface area (TPSA) is 113 Å². The number of thioether (sulfide) groups is 1. The van der Waals surface area contributed by atoms with Crippen molar-refractivity contribution in [3.8, 4) is 11.1 Å². The monoisotopic (exact) mass is 576 g/mol. The van der Waals surface area contributed by atoms with E-state index in [2.05, 4.69) is 23.8 Å². The van der Waals surface area contributed by atoms with E-state index in [4.69, 9.17) is 5.11 Å². The van der Waals surface area contributed by atoms with Gasteiger partial charge in [0.15, 0.2) is 9.84 Å². The summed E-state index contributed by atoms with van der Waals surface area (Å²) in [5.41, 5.74) is 1.09. The number of sulfone groups is 1. The molecule has 1 amide bonds. The van der Waals surface area contributed by atoms with Crippen LogP contribution in [0.25, 0.3) is 11.1 Å². The first-order valence-electron chi connectivity index (χ1n) is 11.8. The normalized spacial score (nSPS) is 13.3. The molecular weight excluding hydrogens is 541 g/mol. The lowest BCUT2D eigenvalue weighted by Gasteiger charge is -2.28. The first kappa shape index (κ1) is 33.5. The molecule has 0 fully saturated rings. The molecule has 7 nitrogen and oxygen atoms in total. The Morgan fingerprint density at radius 2 is 1.47 bits per heavy atom. The van der Waals surface area contributed by atoms with E-state index in [0.717, 1.165) is 6.26 Å². The highest BCUT2D eigenvalue weighted by atomic mass is 32.2. The molecule has 0 spiro atoms. The van der Waals surface area contributed by atoms with Gasteiger partial charge in [-0.3, -0.25) is 14.9 Å². The average Bonchev–Trinajstić information content (AvgIpc) is 2.84. The molecule has 0 saturated heterocycles. The van der Waals surface area contributed by atoms with Crippen LogP contribution < -0.4 is 10.6 Å². The van der Waals surface area contributed by atoms with Gasteiger partial charge in [-0.2, -0.15) is 24.9 Å². The lowest BCUT2D eigenvalue weighted by Crippen LogP contribution is -2.50. The van der Waals surface area contributed by atoms with Gasteiger partial charge in [0.1, 0.15) is 12.6 Å². The molecule has 0 aliphatic carbocycles. The Morgan fingerprint density at radius 1 is 1.00 bits per heavy atom. The molecule has 1 unspecified atom stereocenters. The molecule has 0 saturated carbocycles. The first-order valence-corrected chi connectivity index (χ1v) is 15.1. The van der Waals surface area contributed by atoms with E-state index < -0.39 is 46.5 Å². The Kier molecular flexibility index (Phi) is 13.3. The van der Waals surface area contributed by atoms with E-state index in [1.165, 1.54) is 42.2 Å². The minimum Gasteiger partial charge on any atom is -0.480 e. The quantitative estimate of drug-likeness (QED) is 0.348. The summed E-state index contributed by atoms with van der Waals surface area (Å²) in [4.78, 5) is 23.2. The van der Waals surface area contributed by atoms with Crippen LogP contribution in [-0.4, -0.2) is 62.4 Å². The molecule has 212 valence electrons. The molecule has 0 bridgehead atoms. The van der Waals surface area contributed by atoms with Gasteiger partial charge >= 0.3 is 12.1 Å². The van der Waals surface area contributed by atoms with Crippen LogP contribution in [0, 0.1) is 5.92 Å². The molecular formula is C26H35F3N2O5S2. The number of alkyl halides is 3. The van der Waals surface area contributed by atoms with Crippen LogP contribution in [0.15, 0.2) is 53.4 Å². The highest BCUT2D eigenvalue weighted by Gasteiger charge is 2.43. The highest BCUT2D eigenvalue weighted by molar-refractivity contribution is 7.98. The molecule has 2 aromatic rings. The number of benzene rings is 2. The number of carbonyl (C=O) groups is 2. The minimum atomic E-state index is -4.72. The number of carbonyl (C=O) groups excluding carboxylic acids is 1. The summed E-state index contributed by atoms with van der Waals surface area (Å²) in [6, 6.07) is 8.09. The van der Waals surface area contributed by atoms with Crippen molar-refractivity contribution in [1.29, 1.82) is 0 Å². The first-order chi connectivity index (χ1) is 17.6. The number of aliphatic carboxylic acids is 1. The second-order valence-corrected chi connectivity index (χ2v) is 12.1. The van der Waals surface area contributed by atoms with Crippen LogP contribution in [-0.2, 0) is 19.4 Å². The van der Waals surface area contributed by atoms with Gasteiger partial charge in [-0.05, 0) is 53.2 Å². The molecule has 12 heteroatoms. The van der Waals surface area contributed by atoms with Gasteiger partial charge in [-0.1, -0.05) is 57.2 Å². The van der Waals surface area contributed by atoms with Crippen molar-refractivity contribution in [3.63, 3.8) is 0 Å². The largest absolute Gasteiger partial charge is 0.480 e. The summed E-state index contributed by atoms with van der Waals surface area (Å²) < 4.78 is 64.9. The highest BCUT2D eigenvalue weighted by Crippen LogP contribution is 2.34. The number of hydrogen-bond donors (Lipinski definition) is 3. The fraction of sp³-hybridized carbons (Fsp3) is 0.462. The molecule has 0 radical (unpaired) electrons. The molecule has 0 aliphatic heterocycles. The Balaban J connectivity index is 0.00000168. The second-order valence-electron chi connectivity index (χ2n) is 8.93. The Labute approximate surface area is 226 Å². The maximum atomic E-state index is 13.9.